The maximum Gasteiger partial charge on any atom is 0.273 e. The summed E-state index contributed by atoms with van der Waals surface area (Å²) in [6, 6.07) is 13.5. The molecule has 1 atom stereocenters. The number of ether oxygens (including phenoxy) is 1. The predicted molar refractivity (Wildman–Crippen MR) is 115 cm³/mol. The van der Waals surface area contributed by atoms with Crippen molar-refractivity contribution in [2.24, 2.45) is 0 Å². The maximum absolute atomic E-state index is 12.8. The highest BCUT2D eigenvalue weighted by Crippen LogP contribution is 2.27. The molecule has 0 fully saturated rings. The molecule has 1 amide bonds. The molecule has 146 valence electrons. The van der Waals surface area contributed by atoms with Crippen molar-refractivity contribution in [3.8, 4) is 16.3 Å². The van der Waals surface area contributed by atoms with Crippen molar-refractivity contribution in [3.63, 3.8) is 0 Å². The van der Waals surface area contributed by atoms with Gasteiger partial charge in [0.05, 0.1) is 22.7 Å². The summed E-state index contributed by atoms with van der Waals surface area (Å²) >= 11 is 6.72. The lowest BCUT2D eigenvalue weighted by Gasteiger charge is -2.16. The van der Waals surface area contributed by atoms with E-state index in [1.165, 1.54) is 11.3 Å². The molecule has 2 aromatic heterocycles. The van der Waals surface area contributed by atoms with Crippen LogP contribution in [0.3, 0.4) is 0 Å². The van der Waals surface area contributed by atoms with Gasteiger partial charge < -0.3 is 10.1 Å². The standard InChI is InChI=1S/C19H21N5O2S2/c1-13(12-26-2)20-19(27)22-21-18(25)15-11-24(14-7-4-3-5-8-14)23-17(15)16-9-6-10-28-16/h3-11,13H,12H2,1-2H3,(H,21,25)(H2,20,22,27)/t13-/m0/s1. The molecule has 0 aliphatic heterocycles. The third kappa shape index (κ3) is 4.94. The lowest BCUT2D eigenvalue weighted by Crippen LogP contribution is -2.50. The lowest BCUT2D eigenvalue weighted by atomic mass is 10.2. The minimum Gasteiger partial charge on any atom is -0.383 e. The summed E-state index contributed by atoms with van der Waals surface area (Å²) in [5.74, 6) is -0.325. The number of hydrogen-bond donors (Lipinski definition) is 3. The van der Waals surface area contributed by atoms with Gasteiger partial charge in [-0.15, -0.1) is 11.3 Å². The van der Waals surface area contributed by atoms with Gasteiger partial charge in [0.2, 0.25) is 0 Å². The number of nitrogens with one attached hydrogen (secondary N) is 3. The molecule has 9 heteroatoms. The minimum atomic E-state index is -0.325. The van der Waals surface area contributed by atoms with Crippen LogP contribution in [0.25, 0.3) is 16.3 Å². The summed E-state index contributed by atoms with van der Waals surface area (Å²) in [5, 5.41) is 9.90. The Morgan fingerprint density at radius 2 is 2.04 bits per heavy atom. The summed E-state index contributed by atoms with van der Waals surface area (Å²) in [6.07, 6.45) is 1.71. The van der Waals surface area contributed by atoms with Gasteiger partial charge in [0.25, 0.3) is 5.91 Å². The summed E-state index contributed by atoms with van der Waals surface area (Å²) < 4.78 is 6.75. The number of rotatable bonds is 6. The van der Waals surface area contributed by atoms with Gasteiger partial charge >= 0.3 is 0 Å². The van der Waals surface area contributed by atoms with Crippen LogP contribution in [-0.2, 0) is 4.74 Å². The molecule has 0 unspecified atom stereocenters. The first kappa shape index (κ1) is 20.0. The molecule has 0 spiro atoms. The van der Waals surface area contributed by atoms with E-state index in [0.29, 0.717) is 23.0 Å². The maximum atomic E-state index is 12.8. The van der Waals surface area contributed by atoms with E-state index in [4.69, 9.17) is 17.0 Å². The highest BCUT2D eigenvalue weighted by molar-refractivity contribution is 7.80. The first-order chi connectivity index (χ1) is 13.6. The lowest BCUT2D eigenvalue weighted by molar-refractivity contribution is 0.0944. The number of thiocarbonyl (C=S) groups is 1. The zero-order valence-electron chi connectivity index (χ0n) is 15.5. The van der Waals surface area contributed by atoms with Gasteiger partial charge in [-0.1, -0.05) is 24.3 Å². The number of thiophene rings is 1. The molecule has 0 aliphatic carbocycles. The highest BCUT2D eigenvalue weighted by atomic mass is 32.1. The molecular weight excluding hydrogens is 394 g/mol. The fourth-order valence-electron chi connectivity index (χ4n) is 2.58. The average Bonchev–Trinajstić information content (AvgIpc) is 3.36. The molecule has 0 saturated heterocycles. The third-order valence-electron chi connectivity index (χ3n) is 3.82. The molecule has 1 aromatic carbocycles. The summed E-state index contributed by atoms with van der Waals surface area (Å²) in [6.45, 7) is 2.43. The average molecular weight is 416 g/mol. The predicted octanol–water partition coefficient (Wildman–Crippen LogP) is 2.74. The van der Waals surface area contributed by atoms with Crippen LogP contribution in [0, 0.1) is 0 Å². The molecule has 0 radical (unpaired) electrons. The van der Waals surface area contributed by atoms with Gasteiger partial charge in [-0.2, -0.15) is 5.10 Å². The molecule has 0 aliphatic rings. The fraction of sp³-hybridized carbons (Fsp3) is 0.211. The SMILES string of the molecule is COC[C@H](C)NC(=S)NNC(=O)c1cn(-c2ccccc2)nc1-c1cccs1. The van der Waals surface area contributed by atoms with Crippen LogP contribution in [0.1, 0.15) is 17.3 Å². The number of hydrogen-bond acceptors (Lipinski definition) is 5. The topological polar surface area (TPSA) is 80.2 Å². The Labute approximate surface area is 172 Å². The Hall–Kier alpha value is -2.75. The first-order valence-corrected chi connectivity index (χ1v) is 9.92. The van der Waals surface area contributed by atoms with E-state index in [1.807, 2.05) is 54.8 Å². The van der Waals surface area contributed by atoms with Crippen LogP contribution in [0.15, 0.2) is 54.0 Å². The van der Waals surface area contributed by atoms with Gasteiger partial charge in [-0.25, -0.2) is 4.68 Å². The number of nitrogens with zero attached hydrogens (tertiary/aromatic N) is 2. The second kappa shape index (κ2) is 9.45. The van der Waals surface area contributed by atoms with Crippen LogP contribution in [-0.4, -0.2) is 40.6 Å². The molecule has 3 rings (SSSR count). The van der Waals surface area contributed by atoms with Crippen molar-refractivity contribution in [1.82, 2.24) is 25.9 Å². The molecular formula is C19H21N5O2S2. The van der Waals surface area contributed by atoms with Crippen molar-refractivity contribution >= 4 is 34.6 Å². The number of benzene rings is 1. The minimum absolute atomic E-state index is 0.0180. The molecule has 0 bridgehead atoms. The van der Waals surface area contributed by atoms with Crippen molar-refractivity contribution in [2.45, 2.75) is 13.0 Å². The first-order valence-electron chi connectivity index (χ1n) is 8.63. The van der Waals surface area contributed by atoms with E-state index in [0.717, 1.165) is 10.6 Å². The molecule has 7 nitrogen and oxygen atoms in total. The van der Waals surface area contributed by atoms with Crippen molar-refractivity contribution < 1.29 is 9.53 Å². The van der Waals surface area contributed by atoms with E-state index < -0.39 is 0 Å². The van der Waals surface area contributed by atoms with Gasteiger partial charge in [0.1, 0.15) is 5.69 Å². The second-order valence-corrected chi connectivity index (χ2v) is 7.41. The van der Waals surface area contributed by atoms with Crippen LogP contribution in [0.4, 0.5) is 0 Å². The van der Waals surface area contributed by atoms with Crippen molar-refractivity contribution in [2.75, 3.05) is 13.7 Å². The largest absolute Gasteiger partial charge is 0.383 e. The smallest absolute Gasteiger partial charge is 0.273 e. The fourth-order valence-corrected chi connectivity index (χ4v) is 3.56. The molecule has 28 heavy (non-hydrogen) atoms. The van der Waals surface area contributed by atoms with E-state index in [2.05, 4.69) is 21.3 Å². The van der Waals surface area contributed by atoms with Crippen LogP contribution in [0.2, 0.25) is 0 Å². The van der Waals surface area contributed by atoms with Gasteiger partial charge in [0.15, 0.2) is 5.11 Å². The summed E-state index contributed by atoms with van der Waals surface area (Å²) in [5.41, 5.74) is 7.29. The Morgan fingerprint density at radius 1 is 1.25 bits per heavy atom. The Balaban J connectivity index is 1.77. The highest BCUT2D eigenvalue weighted by Gasteiger charge is 2.19. The van der Waals surface area contributed by atoms with Crippen LogP contribution < -0.4 is 16.2 Å². The number of methoxy groups -OCH3 is 1. The Kier molecular flexibility index (Phi) is 6.75. The Morgan fingerprint density at radius 3 is 2.71 bits per heavy atom. The van der Waals surface area contributed by atoms with E-state index in [1.54, 1.807) is 18.0 Å². The van der Waals surface area contributed by atoms with Gasteiger partial charge in [-0.3, -0.25) is 15.6 Å². The van der Waals surface area contributed by atoms with Crippen LogP contribution in [0.5, 0.6) is 0 Å². The quantitative estimate of drug-likeness (QED) is 0.424. The Bertz CT molecular complexity index is 925. The van der Waals surface area contributed by atoms with Crippen LogP contribution >= 0.6 is 23.6 Å². The molecule has 3 N–H and O–H groups in total. The normalized spacial score (nSPS) is 11.6. The van der Waals surface area contributed by atoms with Gasteiger partial charge in [-0.05, 0) is 42.7 Å². The monoisotopic (exact) mass is 415 g/mol. The summed E-state index contributed by atoms with van der Waals surface area (Å²) in [7, 11) is 1.62. The number of aromatic nitrogens is 2. The number of para-hydroxylation sites is 1. The zero-order valence-corrected chi connectivity index (χ0v) is 17.1. The van der Waals surface area contributed by atoms with Crippen molar-refractivity contribution in [3.05, 3.63) is 59.6 Å². The molecule has 0 saturated carbocycles. The number of carbonyl (C=O) groups is 1. The second-order valence-electron chi connectivity index (χ2n) is 6.06. The third-order valence-corrected chi connectivity index (χ3v) is 4.91. The zero-order chi connectivity index (χ0) is 19.9. The summed E-state index contributed by atoms with van der Waals surface area (Å²) in [4.78, 5) is 13.7. The van der Waals surface area contributed by atoms with Crippen molar-refractivity contribution in [1.29, 1.82) is 0 Å². The van der Waals surface area contributed by atoms with E-state index in [9.17, 15) is 4.79 Å². The van der Waals surface area contributed by atoms with E-state index in [-0.39, 0.29) is 11.9 Å². The number of carbonyl (C=O) groups excluding carboxylic acids is 1. The molecule has 3 aromatic rings. The number of hydrazine groups is 1. The molecule has 2 heterocycles. The van der Waals surface area contributed by atoms with E-state index >= 15 is 0 Å². The number of amides is 1. The van der Waals surface area contributed by atoms with Gasteiger partial charge in [0, 0.05) is 19.3 Å².